The van der Waals surface area contributed by atoms with Gasteiger partial charge in [0.25, 0.3) is 0 Å². The molecule has 0 saturated heterocycles. The van der Waals surface area contributed by atoms with E-state index in [2.05, 4.69) is 0 Å². The van der Waals surface area contributed by atoms with Crippen molar-refractivity contribution < 1.29 is 14.3 Å². The first kappa shape index (κ1) is 10.6. The summed E-state index contributed by atoms with van der Waals surface area (Å²) < 4.78 is 5.27. The molecule has 1 fully saturated rings. The second kappa shape index (κ2) is 3.89. The minimum atomic E-state index is -0.842. The van der Waals surface area contributed by atoms with Crippen molar-refractivity contribution in [2.45, 2.75) is 37.5 Å². The molecular weight excluding hydrogens is 216 g/mol. The molecule has 4 heteroatoms. The molecular formula is C11H13ClO3. The van der Waals surface area contributed by atoms with Gasteiger partial charge >= 0.3 is 5.97 Å². The molecule has 3 nitrogen and oxygen atoms in total. The Hall–Kier alpha value is -0.960. The van der Waals surface area contributed by atoms with Crippen molar-refractivity contribution in [3.05, 3.63) is 23.1 Å². The summed E-state index contributed by atoms with van der Waals surface area (Å²) in [4.78, 5) is 11.4. The fourth-order valence-corrected chi connectivity index (χ4v) is 2.44. The lowest BCUT2D eigenvalue weighted by atomic mass is 9.72. The molecule has 1 saturated carbocycles. The number of carboxylic acids is 1. The van der Waals surface area contributed by atoms with Gasteiger partial charge in [0.1, 0.15) is 11.2 Å². The van der Waals surface area contributed by atoms with Gasteiger partial charge in [-0.3, -0.25) is 4.79 Å². The van der Waals surface area contributed by atoms with Crippen LogP contribution in [0.5, 0.6) is 0 Å². The molecule has 0 unspecified atom stereocenters. The van der Waals surface area contributed by atoms with Crippen LogP contribution in [-0.4, -0.2) is 11.1 Å². The van der Waals surface area contributed by atoms with Crippen LogP contribution in [0, 0.1) is 0 Å². The summed E-state index contributed by atoms with van der Waals surface area (Å²) in [5, 5.41) is 9.61. The largest absolute Gasteiger partial charge is 0.480 e. The van der Waals surface area contributed by atoms with Gasteiger partial charge < -0.3 is 9.52 Å². The summed E-state index contributed by atoms with van der Waals surface area (Å²) in [5.41, 5.74) is -0.842. The van der Waals surface area contributed by atoms with Gasteiger partial charge in [-0.15, -0.1) is 0 Å². The standard InChI is InChI=1S/C11H13ClO3/c12-9-5-4-8(15-9)11(10(13)14)6-2-1-3-7-11/h4-5H,1-3,6-7H2,(H,13,14). The number of rotatable bonds is 2. The average Bonchev–Trinajstić information content (AvgIpc) is 2.66. The molecule has 0 radical (unpaired) electrons. The first-order chi connectivity index (χ1) is 7.15. The van der Waals surface area contributed by atoms with Crippen LogP contribution in [0.15, 0.2) is 16.5 Å². The Morgan fingerprint density at radius 1 is 1.33 bits per heavy atom. The highest BCUT2D eigenvalue weighted by Crippen LogP contribution is 2.40. The van der Waals surface area contributed by atoms with E-state index in [4.69, 9.17) is 16.0 Å². The van der Waals surface area contributed by atoms with Gasteiger partial charge in [0.2, 0.25) is 0 Å². The molecule has 2 rings (SSSR count). The van der Waals surface area contributed by atoms with E-state index in [1.165, 1.54) is 0 Å². The van der Waals surface area contributed by atoms with E-state index >= 15 is 0 Å². The molecule has 82 valence electrons. The zero-order valence-corrected chi connectivity index (χ0v) is 9.09. The Kier molecular flexibility index (Phi) is 2.74. The minimum absolute atomic E-state index is 0.260. The van der Waals surface area contributed by atoms with E-state index in [0.717, 1.165) is 19.3 Å². The first-order valence-electron chi connectivity index (χ1n) is 5.14. The summed E-state index contributed by atoms with van der Waals surface area (Å²) in [6, 6.07) is 3.29. The number of carbonyl (C=O) groups is 1. The van der Waals surface area contributed by atoms with Crippen molar-refractivity contribution in [2.75, 3.05) is 0 Å². The number of halogens is 1. The molecule has 1 N–H and O–H groups in total. The highest BCUT2D eigenvalue weighted by molar-refractivity contribution is 6.28. The molecule has 1 aromatic rings. The monoisotopic (exact) mass is 228 g/mol. The zero-order chi connectivity index (χ0) is 10.9. The van der Waals surface area contributed by atoms with Gasteiger partial charge in [-0.05, 0) is 36.6 Å². The van der Waals surface area contributed by atoms with E-state index in [0.29, 0.717) is 18.6 Å². The van der Waals surface area contributed by atoms with Gasteiger partial charge in [-0.1, -0.05) is 19.3 Å². The van der Waals surface area contributed by atoms with E-state index in [-0.39, 0.29) is 5.22 Å². The molecule has 0 bridgehead atoms. The van der Waals surface area contributed by atoms with Gasteiger partial charge in [0.15, 0.2) is 5.22 Å². The predicted octanol–water partition coefficient (Wildman–Crippen LogP) is 3.22. The lowest BCUT2D eigenvalue weighted by Crippen LogP contribution is -2.37. The van der Waals surface area contributed by atoms with Crippen molar-refractivity contribution in [1.29, 1.82) is 0 Å². The molecule has 0 atom stereocenters. The van der Waals surface area contributed by atoms with Crippen LogP contribution in [0.4, 0.5) is 0 Å². The number of aliphatic carboxylic acids is 1. The van der Waals surface area contributed by atoms with Crippen LogP contribution in [0.3, 0.4) is 0 Å². The highest BCUT2D eigenvalue weighted by Gasteiger charge is 2.44. The van der Waals surface area contributed by atoms with Gasteiger partial charge in [0.05, 0.1) is 0 Å². The van der Waals surface area contributed by atoms with Crippen molar-refractivity contribution in [3.8, 4) is 0 Å². The Morgan fingerprint density at radius 3 is 2.47 bits per heavy atom. The Balaban J connectivity index is 2.37. The molecule has 0 aromatic carbocycles. The number of furan rings is 1. The molecule has 1 aliphatic carbocycles. The maximum absolute atomic E-state index is 11.4. The van der Waals surface area contributed by atoms with Crippen LogP contribution in [-0.2, 0) is 10.2 Å². The van der Waals surface area contributed by atoms with E-state index in [1.54, 1.807) is 12.1 Å². The third-order valence-electron chi connectivity index (χ3n) is 3.16. The second-order valence-electron chi connectivity index (χ2n) is 4.05. The molecule has 0 spiro atoms. The average molecular weight is 229 g/mol. The molecule has 0 aliphatic heterocycles. The zero-order valence-electron chi connectivity index (χ0n) is 8.33. The van der Waals surface area contributed by atoms with Crippen LogP contribution in [0.1, 0.15) is 37.9 Å². The van der Waals surface area contributed by atoms with Crippen LogP contribution >= 0.6 is 11.6 Å². The minimum Gasteiger partial charge on any atom is -0.480 e. The molecule has 1 aliphatic rings. The molecule has 15 heavy (non-hydrogen) atoms. The summed E-state index contributed by atoms with van der Waals surface area (Å²) in [6.45, 7) is 0. The smallest absolute Gasteiger partial charge is 0.317 e. The van der Waals surface area contributed by atoms with Crippen molar-refractivity contribution in [2.24, 2.45) is 0 Å². The van der Waals surface area contributed by atoms with Gasteiger partial charge in [-0.2, -0.15) is 0 Å². The van der Waals surface area contributed by atoms with Gasteiger partial charge in [0, 0.05) is 0 Å². The van der Waals surface area contributed by atoms with Gasteiger partial charge in [-0.25, -0.2) is 0 Å². The van der Waals surface area contributed by atoms with Crippen LogP contribution in [0.2, 0.25) is 5.22 Å². The number of hydrogen-bond acceptors (Lipinski definition) is 2. The third kappa shape index (κ3) is 1.76. The fourth-order valence-electron chi connectivity index (χ4n) is 2.29. The Bertz CT molecular complexity index is 364. The number of hydrogen-bond donors (Lipinski definition) is 1. The quantitative estimate of drug-likeness (QED) is 0.846. The second-order valence-corrected chi connectivity index (χ2v) is 4.42. The number of carboxylic acid groups (broad SMARTS) is 1. The predicted molar refractivity (Wildman–Crippen MR) is 56.1 cm³/mol. The summed E-state index contributed by atoms with van der Waals surface area (Å²) in [5.74, 6) is -0.298. The van der Waals surface area contributed by atoms with Crippen molar-refractivity contribution >= 4 is 17.6 Å². The normalized spacial score (nSPS) is 20.1. The molecule has 1 heterocycles. The highest BCUT2D eigenvalue weighted by atomic mass is 35.5. The fraction of sp³-hybridized carbons (Fsp3) is 0.545. The van der Waals surface area contributed by atoms with Crippen LogP contribution < -0.4 is 0 Å². The van der Waals surface area contributed by atoms with Crippen molar-refractivity contribution in [3.63, 3.8) is 0 Å². The summed E-state index contributed by atoms with van der Waals surface area (Å²) >= 11 is 5.69. The topological polar surface area (TPSA) is 50.4 Å². The molecule has 0 amide bonds. The lowest BCUT2D eigenvalue weighted by Gasteiger charge is -2.30. The maximum atomic E-state index is 11.4. The first-order valence-corrected chi connectivity index (χ1v) is 5.52. The lowest BCUT2D eigenvalue weighted by molar-refractivity contribution is -0.146. The Morgan fingerprint density at radius 2 is 2.00 bits per heavy atom. The van der Waals surface area contributed by atoms with E-state index in [1.807, 2.05) is 0 Å². The van der Waals surface area contributed by atoms with Crippen LogP contribution in [0.25, 0.3) is 0 Å². The molecule has 1 aromatic heterocycles. The maximum Gasteiger partial charge on any atom is 0.317 e. The Labute approximate surface area is 93.0 Å². The SMILES string of the molecule is O=C(O)C1(c2ccc(Cl)o2)CCCCC1. The van der Waals surface area contributed by atoms with E-state index in [9.17, 15) is 9.90 Å². The third-order valence-corrected chi connectivity index (χ3v) is 3.36. The summed E-state index contributed by atoms with van der Waals surface area (Å²) in [6.07, 6.45) is 4.26. The van der Waals surface area contributed by atoms with Crippen molar-refractivity contribution in [1.82, 2.24) is 0 Å². The van der Waals surface area contributed by atoms with E-state index < -0.39 is 11.4 Å². The summed E-state index contributed by atoms with van der Waals surface area (Å²) in [7, 11) is 0.